The van der Waals surface area contributed by atoms with Crippen molar-refractivity contribution in [3.63, 3.8) is 0 Å². The monoisotopic (exact) mass is 243 g/mol. The van der Waals surface area contributed by atoms with Gasteiger partial charge in [-0.05, 0) is 18.6 Å². The number of aryl methyl sites for hydroxylation is 1. The molecule has 1 aromatic rings. The van der Waals surface area contributed by atoms with Crippen LogP contribution in [0.4, 0.5) is 0 Å². The van der Waals surface area contributed by atoms with Crippen LogP contribution < -0.4 is 0 Å². The van der Waals surface area contributed by atoms with E-state index in [2.05, 4.69) is 17.1 Å². The first-order chi connectivity index (χ1) is 7.79. The van der Waals surface area contributed by atoms with E-state index in [4.69, 9.17) is 17.0 Å². The fourth-order valence-corrected chi connectivity index (χ4v) is 1.91. The van der Waals surface area contributed by atoms with E-state index in [-0.39, 0.29) is 0 Å². The number of unbranched alkanes of at least 4 members (excludes halogenated alkanes) is 3. The molecule has 0 aromatic carbocycles. The largest absolute Gasteiger partial charge is 0.383 e. The van der Waals surface area contributed by atoms with E-state index in [9.17, 15) is 0 Å². The van der Waals surface area contributed by atoms with E-state index in [0.29, 0.717) is 11.4 Å². The lowest BCUT2D eigenvalue weighted by atomic mass is 10.1. The summed E-state index contributed by atoms with van der Waals surface area (Å²) in [6.45, 7) is 3.68. The second-order valence-corrected chi connectivity index (χ2v) is 4.29. The van der Waals surface area contributed by atoms with Crippen molar-refractivity contribution < 1.29 is 4.74 Å². The Morgan fingerprint density at radius 2 is 2.19 bits per heavy atom. The molecule has 1 heterocycles. The molecule has 0 saturated carbocycles. The summed E-state index contributed by atoms with van der Waals surface area (Å²) in [5, 5.41) is 7.10. The van der Waals surface area contributed by atoms with E-state index in [1.807, 2.05) is 4.57 Å². The zero-order valence-electron chi connectivity index (χ0n) is 10.2. The Kier molecular flexibility index (Phi) is 6.33. The third-order valence-corrected chi connectivity index (χ3v) is 2.92. The Labute approximate surface area is 102 Å². The Hall–Kier alpha value is -0.680. The van der Waals surface area contributed by atoms with Gasteiger partial charge in [0.15, 0.2) is 4.77 Å². The van der Waals surface area contributed by atoms with Crippen molar-refractivity contribution in [2.45, 2.75) is 45.6 Å². The van der Waals surface area contributed by atoms with Crippen molar-refractivity contribution >= 4 is 12.2 Å². The molecule has 1 rings (SSSR count). The molecule has 0 fully saturated rings. The number of hydrogen-bond acceptors (Lipinski definition) is 3. The second-order valence-electron chi connectivity index (χ2n) is 3.90. The van der Waals surface area contributed by atoms with Crippen molar-refractivity contribution in [1.29, 1.82) is 0 Å². The average Bonchev–Trinajstić information content (AvgIpc) is 2.63. The van der Waals surface area contributed by atoms with Crippen LogP contribution in [0.1, 0.15) is 38.4 Å². The average molecular weight is 243 g/mol. The Morgan fingerprint density at radius 3 is 2.88 bits per heavy atom. The topological polar surface area (TPSA) is 42.8 Å². The maximum atomic E-state index is 5.18. The predicted molar refractivity (Wildman–Crippen MR) is 67.1 cm³/mol. The summed E-state index contributed by atoms with van der Waals surface area (Å²) in [6.07, 6.45) is 6.00. The molecule has 0 aliphatic rings. The fourth-order valence-electron chi connectivity index (χ4n) is 1.66. The van der Waals surface area contributed by atoms with Gasteiger partial charge in [0.05, 0.1) is 6.61 Å². The van der Waals surface area contributed by atoms with Crippen LogP contribution in [0.25, 0.3) is 0 Å². The highest BCUT2D eigenvalue weighted by Crippen LogP contribution is 2.06. The maximum absolute atomic E-state index is 5.18. The Balaban J connectivity index is 2.48. The van der Waals surface area contributed by atoms with Gasteiger partial charge >= 0.3 is 0 Å². The number of hydrogen-bond donors (Lipinski definition) is 1. The van der Waals surface area contributed by atoms with Crippen molar-refractivity contribution in [2.75, 3.05) is 13.7 Å². The standard InChI is InChI=1S/C11H21N3OS/c1-3-4-5-6-7-10-12-13-11(16)14(10)8-9-15-2/h3-9H2,1-2H3,(H,13,16). The van der Waals surface area contributed by atoms with Gasteiger partial charge in [0.25, 0.3) is 0 Å². The molecular weight excluding hydrogens is 222 g/mol. The molecule has 0 radical (unpaired) electrons. The summed E-state index contributed by atoms with van der Waals surface area (Å²) >= 11 is 5.18. The third-order valence-electron chi connectivity index (χ3n) is 2.61. The molecule has 0 spiro atoms. The van der Waals surface area contributed by atoms with Crippen LogP contribution in [0, 0.1) is 4.77 Å². The quantitative estimate of drug-likeness (QED) is 0.564. The molecule has 1 N–H and O–H groups in total. The van der Waals surface area contributed by atoms with E-state index in [1.165, 1.54) is 25.7 Å². The molecule has 5 heteroatoms. The van der Waals surface area contributed by atoms with Crippen LogP contribution in [0.15, 0.2) is 0 Å². The normalized spacial score (nSPS) is 10.9. The van der Waals surface area contributed by atoms with Crippen LogP contribution in [-0.2, 0) is 17.7 Å². The van der Waals surface area contributed by atoms with Gasteiger partial charge in [0, 0.05) is 20.1 Å². The Bertz CT molecular complexity index is 345. The molecule has 0 aliphatic carbocycles. The molecule has 16 heavy (non-hydrogen) atoms. The SMILES string of the molecule is CCCCCCc1n[nH]c(=S)n1CCOC. The summed E-state index contributed by atoms with van der Waals surface area (Å²) in [4.78, 5) is 0. The van der Waals surface area contributed by atoms with Gasteiger partial charge < -0.3 is 9.30 Å². The second kappa shape index (κ2) is 7.57. The summed E-state index contributed by atoms with van der Waals surface area (Å²) in [5.74, 6) is 1.05. The zero-order chi connectivity index (χ0) is 11.8. The first-order valence-electron chi connectivity index (χ1n) is 5.92. The van der Waals surface area contributed by atoms with Crippen molar-refractivity contribution in [1.82, 2.24) is 14.8 Å². The first-order valence-corrected chi connectivity index (χ1v) is 6.33. The lowest BCUT2D eigenvalue weighted by Gasteiger charge is -2.05. The first kappa shape index (κ1) is 13.4. The van der Waals surface area contributed by atoms with Crippen LogP contribution >= 0.6 is 12.2 Å². The number of nitrogens with zero attached hydrogens (tertiary/aromatic N) is 2. The summed E-state index contributed by atoms with van der Waals surface area (Å²) in [5.41, 5.74) is 0. The van der Waals surface area contributed by atoms with Gasteiger partial charge in [-0.3, -0.25) is 5.10 Å². The molecule has 0 aliphatic heterocycles. The van der Waals surface area contributed by atoms with Crippen molar-refractivity contribution in [2.24, 2.45) is 0 Å². The lowest BCUT2D eigenvalue weighted by molar-refractivity contribution is 0.186. The van der Waals surface area contributed by atoms with Gasteiger partial charge in [-0.25, -0.2) is 0 Å². The number of ether oxygens (including phenoxy) is 1. The van der Waals surface area contributed by atoms with E-state index in [1.54, 1.807) is 7.11 Å². The zero-order valence-corrected chi connectivity index (χ0v) is 11.0. The lowest BCUT2D eigenvalue weighted by Crippen LogP contribution is -2.08. The summed E-state index contributed by atoms with van der Waals surface area (Å²) in [6, 6.07) is 0. The van der Waals surface area contributed by atoms with Gasteiger partial charge in [-0.1, -0.05) is 26.2 Å². The Morgan fingerprint density at radius 1 is 1.38 bits per heavy atom. The molecule has 0 amide bonds. The van der Waals surface area contributed by atoms with Crippen LogP contribution in [0.5, 0.6) is 0 Å². The van der Waals surface area contributed by atoms with Gasteiger partial charge in [-0.2, -0.15) is 5.10 Å². The molecular formula is C11H21N3OS. The smallest absolute Gasteiger partial charge is 0.195 e. The minimum atomic E-state index is 0.676. The number of aromatic amines is 1. The number of rotatable bonds is 8. The number of aromatic nitrogens is 3. The van der Waals surface area contributed by atoms with Crippen molar-refractivity contribution in [3.05, 3.63) is 10.6 Å². The number of nitrogens with one attached hydrogen (secondary N) is 1. The maximum Gasteiger partial charge on any atom is 0.195 e. The van der Waals surface area contributed by atoms with Crippen LogP contribution in [0.2, 0.25) is 0 Å². The highest BCUT2D eigenvalue weighted by atomic mass is 32.1. The minimum Gasteiger partial charge on any atom is -0.383 e. The molecule has 0 saturated heterocycles. The van der Waals surface area contributed by atoms with Crippen LogP contribution in [-0.4, -0.2) is 28.5 Å². The fraction of sp³-hybridized carbons (Fsp3) is 0.818. The van der Waals surface area contributed by atoms with Gasteiger partial charge in [0.1, 0.15) is 5.82 Å². The van der Waals surface area contributed by atoms with E-state index >= 15 is 0 Å². The minimum absolute atomic E-state index is 0.676. The molecule has 4 nitrogen and oxygen atoms in total. The molecule has 1 aromatic heterocycles. The third kappa shape index (κ3) is 4.06. The highest BCUT2D eigenvalue weighted by molar-refractivity contribution is 7.71. The van der Waals surface area contributed by atoms with Crippen LogP contribution in [0.3, 0.4) is 0 Å². The number of methoxy groups -OCH3 is 1. The van der Waals surface area contributed by atoms with Gasteiger partial charge in [0.2, 0.25) is 0 Å². The molecule has 0 atom stereocenters. The molecule has 92 valence electrons. The number of H-pyrrole nitrogens is 1. The van der Waals surface area contributed by atoms with Gasteiger partial charge in [-0.15, -0.1) is 0 Å². The molecule has 0 bridgehead atoms. The van der Waals surface area contributed by atoms with E-state index in [0.717, 1.165) is 18.8 Å². The summed E-state index contributed by atoms with van der Waals surface area (Å²) in [7, 11) is 1.70. The van der Waals surface area contributed by atoms with E-state index < -0.39 is 0 Å². The highest BCUT2D eigenvalue weighted by Gasteiger charge is 2.05. The summed E-state index contributed by atoms with van der Waals surface area (Å²) < 4.78 is 7.79. The van der Waals surface area contributed by atoms with Crippen molar-refractivity contribution in [3.8, 4) is 0 Å². The molecule has 0 unspecified atom stereocenters. The predicted octanol–water partition coefficient (Wildman–Crippen LogP) is 2.71.